The minimum Gasteiger partial charge on any atom is -0.352 e. The molecule has 1 aliphatic rings. The van der Waals surface area contributed by atoms with Crippen LogP contribution in [-0.2, 0) is 0 Å². The van der Waals surface area contributed by atoms with E-state index in [1.807, 2.05) is 58.2 Å². The number of rotatable bonds is 2. The summed E-state index contributed by atoms with van der Waals surface area (Å²) in [6.45, 7) is 8.02. The van der Waals surface area contributed by atoms with E-state index in [0.29, 0.717) is 5.96 Å². The van der Waals surface area contributed by atoms with Crippen molar-refractivity contribution in [3.63, 3.8) is 0 Å². The van der Waals surface area contributed by atoms with Crippen molar-refractivity contribution in [3.05, 3.63) is 28.7 Å². The number of halogens is 1. The predicted molar refractivity (Wildman–Crippen MR) is 98.8 cm³/mol. The van der Waals surface area contributed by atoms with Crippen LogP contribution in [-0.4, -0.2) is 33.3 Å². The first-order valence-corrected chi connectivity index (χ1v) is 8.68. The third-order valence-corrected chi connectivity index (χ3v) is 4.72. The van der Waals surface area contributed by atoms with E-state index in [9.17, 15) is 5.21 Å². The van der Waals surface area contributed by atoms with Crippen LogP contribution < -0.4 is 10.6 Å². The molecule has 0 aromatic heterocycles. The number of anilines is 1. The van der Waals surface area contributed by atoms with Crippen molar-refractivity contribution in [2.75, 3.05) is 5.32 Å². The molecule has 2 rings (SSSR count). The predicted octanol–water partition coefficient (Wildman–Crippen LogP) is 3.70. The van der Waals surface area contributed by atoms with Gasteiger partial charge < -0.3 is 15.8 Å². The van der Waals surface area contributed by atoms with Crippen LogP contribution in [0.3, 0.4) is 0 Å². The number of piperidine rings is 1. The Balaban J connectivity index is 2.14. The lowest BCUT2D eigenvalue weighted by Crippen LogP contribution is -2.63. The summed E-state index contributed by atoms with van der Waals surface area (Å²) in [7, 11) is 0. The highest BCUT2D eigenvalue weighted by Crippen LogP contribution is 2.36. The quantitative estimate of drug-likeness (QED) is 0.405. The van der Waals surface area contributed by atoms with E-state index in [1.165, 1.54) is 5.06 Å². The fraction of sp³-hybridized carbons (Fsp3) is 0.529. The average molecular weight is 394 g/mol. The lowest BCUT2D eigenvalue weighted by atomic mass is 9.79. The molecule has 130 valence electrons. The van der Waals surface area contributed by atoms with Crippen molar-refractivity contribution in [1.29, 1.82) is 5.26 Å². The molecule has 0 amide bonds. The fourth-order valence-electron chi connectivity index (χ4n) is 3.42. The summed E-state index contributed by atoms with van der Waals surface area (Å²) in [5, 5.41) is 27.3. The van der Waals surface area contributed by atoms with Gasteiger partial charge in [0.15, 0.2) is 0 Å². The lowest BCUT2D eigenvalue weighted by molar-refractivity contribution is -0.245. The molecule has 0 atom stereocenters. The van der Waals surface area contributed by atoms with Gasteiger partial charge in [-0.3, -0.25) is 0 Å². The Kier molecular flexibility index (Phi) is 5.53. The highest BCUT2D eigenvalue weighted by Gasteiger charge is 2.45. The van der Waals surface area contributed by atoms with Crippen LogP contribution in [0.4, 0.5) is 5.69 Å². The van der Waals surface area contributed by atoms with Crippen molar-refractivity contribution in [2.24, 2.45) is 4.99 Å². The molecule has 1 aromatic rings. The van der Waals surface area contributed by atoms with Gasteiger partial charge in [0.1, 0.15) is 0 Å². The molecule has 0 spiro atoms. The molecule has 1 heterocycles. The zero-order valence-corrected chi connectivity index (χ0v) is 16.1. The fourth-order valence-corrected chi connectivity index (χ4v) is 3.81. The van der Waals surface area contributed by atoms with Crippen LogP contribution >= 0.6 is 15.9 Å². The molecule has 1 aromatic carbocycles. The van der Waals surface area contributed by atoms with Gasteiger partial charge >= 0.3 is 0 Å². The maximum absolute atomic E-state index is 10.4. The van der Waals surface area contributed by atoms with E-state index in [2.05, 4.69) is 31.6 Å². The van der Waals surface area contributed by atoms with Gasteiger partial charge in [-0.2, -0.15) is 10.3 Å². The standard InChI is InChI=1S/C17H24BrN5O/c1-16(2)9-14(10-17(3,4)23(16)24)22-15(20-11-19)21-13-7-5-6-12(18)8-13/h5-8,14,24H,9-10H2,1-4H3,(H2,20,21,22). The summed E-state index contributed by atoms with van der Waals surface area (Å²) in [5.74, 6) is 0.415. The topological polar surface area (TPSA) is 83.7 Å². The van der Waals surface area contributed by atoms with Gasteiger partial charge in [-0.1, -0.05) is 22.0 Å². The summed E-state index contributed by atoms with van der Waals surface area (Å²) >= 11 is 3.43. The van der Waals surface area contributed by atoms with Gasteiger partial charge in [0.2, 0.25) is 12.2 Å². The van der Waals surface area contributed by atoms with Crippen LogP contribution in [0, 0.1) is 11.5 Å². The molecule has 24 heavy (non-hydrogen) atoms. The smallest absolute Gasteiger partial charge is 0.211 e. The summed E-state index contributed by atoms with van der Waals surface area (Å²) in [5.41, 5.74) is 0.101. The van der Waals surface area contributed by atoms with Crippen molar-refractivity contribution in [3.8, 4) is 6.19 Å². The van der Waals surface area contributed by atoms with E-state index in [1.54, 1.807) is 0 Å². The highest BCUT2D eigenvalue weighted by atomic mass is 79.9. The zero-order valence-electron chi connectivity index (χ0n) is 14.5. The number of hydrogen-bond donors (Lipinski definition) is 3. The Morgan fingerprint density at radius 3 is 2.50 bits per heavy atom. The monoisotopic (exact) mass is 393 g/mol. The molecule has 1 fully saturated rings. The Morgan fingerprint density at radius 2 is 1.96 bits per heavy atom. The van der Waals surface area contributed by atoms with Crippen LogP contribution in [0.1, 0.15) is 40.5 Å². The molecule has 0 unspecified atom stereocenters. The van der Waals surface area contributed by atoms with Gasteiger partial charge in [-0.15, -0.1) is 4.99 Å². The van der Waals surface area contributed by atoms with Gasteiger partial charge in [0.25, 0.3) is 0 Å². The Labute approximate surface area is 151 Å². The molecule has 0 aliphatic carbocycles. The first-order valence-electron chi connectivity index (χ1n) is 7.89. The number of nitrogens with zero attached hydrogens (tertiary/aromatic N) is 3. The van der Waals surface area contributed by atoms with E-state index in [-0.39, 0.29) is 17.1 Å². The number of hydrogen-bond acceptors (Lipinski definition) is 4. The molecule has 1 aliphatic heterocycles. The summed E-state index contributed by atoms with van der Waals surface area (Å²) < 4.78 is 0.944. The maximum atomic E-state index is 10.4. The highest BCUT2D eigenvalue weighted by molar-refractivity contribution is 9.10. The second-order valence-electron chi connectivity index (χ2n) is 7.38. The maximum Gasteiger partial charge on any atom is 0.211 e. The number of nitriles is 1. The Morgan fingerprint density at radius 1 is 1.33 bits per heavy atom. The second kappa shape index (κ2) is 7.09. The number of nitrogens with one attached hydrogen (secondary N) is 2. The summed E-state index contributed by atoms with van der Waals surface area (Å²) in [4.78, 5) is 3.87. The van der Waals surface area contributed by atoms with E-state index in [0.717, 1.165) is 23.0 Å². The average Bonchev–Trinajstić information content (AvgIpc) is 2.44. The minimum absolute atomic E-state index is 0.0881. The molecule has 0 radical (unpaired) electrons. The van der Waals surface area contributed by atoms with Gasteiger partial charge in [-0.05, 0) is 58.7 Å². The molecule has 0 saturated carbocycles. The van der Waals surface area contributed by atoms with E-state index in [4.69, 9.17) is 5.26 Å². The molecular formula is C17H24BrN5O. The van der Waals surface area contributed by atoms with Crippen LogP contribution in [0.2, 0.25) is 0 Å². The Hall–Kier alpha value is -1.62. The van der Waals surface area contributed by atoms with Crippen molar-refractivity contribution in [1.82, 2.24) is 10.4 Å². The van der Waals surface area contributed by atoms with Gasteiger partial charge in [-0.25, -0.2) is 0 Å². The van der Waals surface area contributed by atoms with Crippen LogP contribution in [0.5, 0.6) is 0 Å². The number of aliphatic imine (C=N–C) groups is 1. The van der Waals surface area contributed by atoms with E-state index < -0.39 is 0 Å². The van der Waals surface area contributed by atoms with Crippen molar-refractivity contribution < 1.29 is 5.21 Å². The minimum atomic E-state index is -0.368. The van der Waals surface area contributed by atoms with Crippen molar-refractivity contribution >= 4 is 27.6 Å². The van der Waals surface area contributed by atoms with Gasteiger partial charge in [0.05, 0.1) is 0 Å². The molecular weight excluding hydrogens is 370 g/mol. The second-order valence-corrected chi connectivity index (χ2v) is 8.30. The molecule has 3 N–H and O–H groups in total. The third kappa shape index (κ3) is 4.47. The van der Waals surface area contributed by atoms with E-state index >= 15 is 0 Å². The largest absolute Gasteiger partial charge is 0.352 e. The zero-order chi connectivity index (χ0) is 18.0. The van der Waals surface area contributed by atoms with Crippen LogP contribution in [0.25, 0.3) is 0 Å². The molecule has 0 bridgehead atoms. The first kappa shape index (κ1) is 18.7. The Bertz CT molecular complexity index is 647. The van der Waals surface area contributed by atoms with Gasteiger partial charge in [0, 0.05) is 27.3 Å². The van der Waals surface area contributed by atoms with Crippen LogP contribution in [0.15, 0.2) is 33.7 Å². The number of benzene rings is 1. The lowest BCUT2D eigenvalue weighted by Gasteiger charge is -2.51. The molecule has 6 nitrogen and oxygen atoms in total. The first-order chi connectivity index (χ1) is 11.1. The summed E-state index contributed by atoms with van der Waals surface area (Å²) in [6, 6.07) is 7.75. The normalized spacial score (nSPS) is 21.1. The summed E-state index contributed by atoms with van der Waals surface area (Å²) in [6.07, 6.45) is 3.30. The van der Waals surface area contributed by atoms with Crippen molar-refractivity contribution in [2.45, 2.75) is 57.7 Å². The third-order valence-electron chi connectivity index (χ3n) is 4.23. The molecule has 1 saturated heterocycles. The number of guanidine groups is 1. The molecule has 7 heteroatoms. The number of hydroxylamine groups is 2. The SMILES string of the molecule is CC1(C)CC(N/C(=N/C#N)Nc2cccc(Br)c2)CC(C)(C)N1O.